The van der Waals surface area contributed by atoms with Gasteiger partial charge >= 0.3 is 0 Å². The van der Waals surface area contributed by atoms with Crippen LogP contribution in [0.15, 0.2) is 0 Å². The van der Waals surface area contributed by atoms with Crippen molar-refractivity contribution in [1.29, 1.82) is 5.41 Å². The van der Waals surface area contributed by atoms with Crippen LogP contribution < -0.4 is 0 Å². The van der Waals surface area contributed by atoms with E-state index in [1.165, 1.54) is 12.6 Å². The summed E-state index contributed by atoms with van der Waals surface area (Å²) in [6.45, 7) is 2.24. The largest absolute Gasteiger partial charge is 0.313 e. The van der Waals surface area contributed by atoms with Gasteiger partial charge in [-0.15, -0.1) is 0 Å². The highest BCUT2D eigenvalue weighted by Crippen LogP contribution is 2.39. The molecule has 0 heterocycles. The molecule has 1 saturated carbocycles. The molecule has 2 atom stereocenters. The first-order valence-electron chi connectivity index (χ1n) is 2.83. The first-order valence-corrected chi connectivity index (χ1v) is 2.83. The maximum atomic E-state index is 6.74. The van der Waals surface area contributed by atoms with Crippen molar-refractivity contribution < 1.29 is 0 Å². The Balaban J connectivity index is 2.08. The Morgan fingerprint density at radius 1 is 1.86 bits per heavy atom. The molecule has 0 aliphatic heterocycles. The molecule has 40 valence electrons. The molecule has 2 unspecified atom stereocenters. The fraction of sp³-hybridized carbons (Fsp3) is 0.833. The van der Waals surface area contributed by atoms with E-state index >= 15 is 0 Å². The van der Waals surface area contributed by atoms with Gasteiger partial charge in [0.2, 0.25) is 0 Å². The van der Waals surface area contributed by atoms with Crippen molar-refractivity contribution in [2.24, 2.45) is 11.8 Å². The average molecular weight is 97.2 g/mol. The van der Waals surface area contributed by atoms with Crippen LogP contribution in [0.5, 0.6) is 0 Å². The Labute approximate surface area is 44.2 Å². The average Bonchev–Trinajstić information content (AvgIpc) is 2.22. The number of rotatable bonds is 2. The number of hydrogen-bond acceptors (Lipinski definition) is 1. The van der Waals surface area contributed by atoms with Crippen molar-refractivity contribution in [3.8, 4) is 0 Å². The SMILES string of the molecule is CC1CC1CC=N. The summed E-state index contributed by atoms with van der Waals surface area (Å²) in [5.41, 5.74) is 0. The number of nitrogens with one attached hydrogen (secondary N) is 1. The van der Waals surface area contributed by atoms with Crippen LogP contribution in [-0.2, 0) is 0 Å². The van der Waals surface area contributed by atoms with E-state index in [4.69, 9.17) is 5.41 Å². The van der Waals surface area contributed by atoms with Gasteiger partial charge in [-0.25, -0.2) is 0 Å². The second kappa shape index (κ2) is 1.65. The van der Waals surface area contributed by atoms with Crippen LogP contribution in [-0.4, -0.2) is 6.21 Å². The van der Waals surface area contributed by atoms with Crippen molar-refractivity contribution in [2.75, 3.05) is 0 Å². The molecule has 1 N–H and O–H groups in total. The molecule has 0 aromatic rings. The molecule has 1 aliphatic carbocycles. The van der Waals surface area contributed by atoms with Gasteiger partial charge in [-0.2, -0.15) is 0 Å². The zero-order valence-electron chi connectivity index (χ0n) is 4.65. The highest BCUT2D eigenvalue weighted by atomic mass is 14.4. The second-order valence-electron chi connectivity index (χ2n) is 2.41. The quantitative estimate of drug-likeness (QED) is 0.507. The van der Waals surface area contributed by atoms with Gasteiger partial charge in [-0.1, -0.05) is 6.92 Å². The van der Waals surface area contributed by atoms with Gasteiger partial charge in [0.05, 0.1) is 0 Å². The molecular weight excluding hydrogens is 86.1 g/mol. The molecule has 1 aliphatic rings. The molecule has 1 fully saturated rings. The van der Waals surface area contributed by atoms with Gasteiger partial charge in [0.1, 0.15) is 0 Å². The van der Waals surface area contributed by atoms with Crippen LogP contribution in [0.3, 0.4) is 0 Å². The third-order valence-electron chi connectivity index (χ3n) is 1.70. The van der Waals surface area contributed by atoms with Crippen LogP contribution in [0.4, 0.5) is 0 Å². The Bertz CT molecular complexity index is 78.2. The highest BCUT2D eigenvalue weighted by Gasteiger charge is 2.30. The van der Waals surface area contributed by atoms with E-state index in [9.17, 15) is 0 Å². The maximum absolute atomic E-state index is 6.74. The third-order valence-corrected chi connectivity index (χ3v) is 1.70. The van der Waals surface area contributed by atoms with Crippen LogP contribution in [0.1, 0.15) is 19.8 Å². The zero-order valence-corrected chi connectivity index (χ0v) is 4.65. The molecule has 1 nitrogen and oxygen atoms in total. The highest BCUT2D eigenvalue weighted by molar-refractivity contribution is 5.53. The lowest BCUT2D eigenvalue weighted by molar-refractivity contribution is 0.791. The van der Waals surface area contributed by atoms with Gasteiger partial charge in [-0.05, 0) is 30.9 Å². The molecule has 0 aromatic carbocycles. The summed E-state index contributed by atoms with van der Waals surface area (Å²) in [5, 5.41) is 6.74. The van der Waals surface area contributed by atoms with Crippen LogP contribution >= 0.6 is 0 Å². The lowest BCUT2D eigenvalue weighted by Crippen LogP contribution is -1.76. The summed E-state index contributed by atoms with van der Waals surface area (Å²) in [7, 11) is 0. The maximum Gasteiger partial charge on any atom is -0.00449 e. The Morgan fingerprint density at radius 2 is 2.43 bits per heavy atom. The molecule has 0 radical (unpaired) electrons. The predicted octanol–water partition coefficient (Wildman–Crippen LogP) is 1.68. The predicted molar refractivity (Wildman–Crippen MR) is 30.7 cm³/mol. The Kier molecular flexibility index (Phi) is 1.13. The third kappa shape index (κ3) is 1.02. The normalized spacial score (nSPS) is 37.9. The molecule has 0 bridgehead atoms. The molecule has 0 aromatic heterocycles. The van der Waals surface area contributed by atoms with E-state index in [0.29, 0.717) is 0 Å². The molecular formula is C6H11N. The van der Waals surface area contributed by atoms with E-state index in [2.05, 4.69) is 6.92 Å². The molecule has 7 heavy (non-hydrogen) atoms. The Hall–Kier alpha value is -0.330. The number of hydrogen-bond donors (Lipinski definition) is 1. The van der Waals surface area contributed by atoms with Gasteiger partial charge in [0.15, 0.2) is 0 Å². The van der Waals surface area contributed by atoms with Crippen molar-refractivity contribution in [3.05, 3.63) is 0 Å². The second-order valence-corrected chi connectivity index (χ2v) is 2.41. The van der Waals surface area contributed by atoms with E-state index in [0.717, 1.165) is 18.3 Å². The van der Waals surface area contributed by atoms with Crippen molar-refractivity contribution in [1.82, 2.24) is 0 Å². The summed E-state index contributed by atoms with van der Waals surface area (Å²) in [6, 6.07) is 0. The molecule has 0 amide bonds. The van der Waals surface area contributed by atoms with Crippen LogP contribution in [0, 0.1) is 17.2 Å². The first kappa shape index (κ1) is 4.82. The zero-order chi connectivity index (χ0) is 5.28. The lowest BCUT2D eigenvalue weighted by Gasteiger charge is -1.80. The summed E-state index contributed by atoms with van der Waals surface area (Å²) in [6.07, 6.45) is 3.89. The summed E-state index contributed by atoms with van der Waals surface area (Å²) in [4.78, 5) is 0. The minimum Gasteiger partial charge on any atom is -0.313 e. The molecule has 1 rings (SSSR count). The van der Waals surface area contributed by atoms with Gasteiger partial charge < -0.3 is 5.41 Å². The van der Waals surface area contributed by atoms with Crippen LogP contribution in [0.2, 0.25) is 0 Å². The first-order chi connectivity index (χ1) is 3.34. The molecule has 1 heteroatoms. The molecule has 0 spiro atoms. The minimum absolute atomic E-state index is 0.873. The van der Waals surface area contributed by atoms with Gasteiger partial charge in [0, 0.05) is 0 Å². The summed E-state index contributed by atoms with van der Waals surface area (Å²) < 4.78 is 0. The smallest absolute Gasteiger partial charge is 0.00449 e. The topological polar surface area (TPSA) is 23.9 Å². The summed E-state index contributed by atoms with van der Waals surface area (Å²) in [5.74, 6) is 1.79. The monoisotopic (exact) mass is 97.1 g/mol. The van der Waals surface area contributed by atoms with Crippen molar-refractivity contribution in [2.45, 2.75) is 19.8 Å². The minimum atomic E-state index is 0.873. The van der Waals surface area contributed by atoms with E-state index < -0.39 is 0 Å². The van der Waals surface area contributed by atoms with Crippen molar-refractivity contribution in [3.63, 3.8) is 0 Å². The fourth-order valence-electron chi connectivity index (χ4n) is 0.879. The van der Waals surface area contributed by atoms with E-state index in [1.807, 2.05) is 0 Å². The van der Waals surface area contributed by atoms with E-state index in [1.54, 1.807) is 0 Å². The van der Waals surface area contributed by atoms with Gasteiger partial charge in [0.25, 0.3) is 0 Å². The van der Waals surface area contributed by atoms with Gasteiger partial charge in [-0.3, -0.25) is 0 Å². The molecule has 0 saturated heterocycles. The van der Waals surface area contributed by atoms with Crippen LogP contribution in [0.25, 0.3) is 0 Å². The lowest BCUT2D eigenvalue weighted by atomic mass is 10.3. The van der Waals surface area contributed by atoms with E-state index in [-0.39, 0.29) is 0 Å². The van der Waals surface area contributed by atoms with Crippen molar-refractivity contribution >= 4 is 6.21 Å². The fourth-order valence-corrected chi connectivity index (χ4v) is 0.879. The standard InChI is InChI=1S/C6H11N/c1-5-4-6(5)2-3-7/h3,5-7H,2,4H2,1H3. The Morgan fingerprint density at radius 3 is 2.57 bits per heavy atom. The summed E-state index contributed by atoms with van der Waals surface area (Å²) >= 11 is 0.